The topological polar surface area (TPSA) is 52.3 Å². The van der Waals surface area contributed by atoms with Gasteiger partial charge in [-0.25, -0.2) is 0 Å². The first-order chi connectivity index (χ1) is 13.4. The fourth-order valence-corrected chi connectivity index (χ4v) is 3.66. The van der Waals surface area contributed by atoms with Gasteiger partial charge in [0.05, 0.1) is 30.0 Å². The quantitative estimate of drug-likeness (QED) is 0.361. The Labute approximate surface area is 163 Å². The van der Waals surface area contributed by atoms with E-state index in [9.17, 15) is 18.0 Å². The Morgan fingerprint density at radius 1 is 1.07 bits per heavy atom. The third kappa shape index (κ3) is 5.51. The lowest BCUT2D eigenvalue weighted by molar-refractivity contribution is -0.137. The number of rotatable bonds is 8. The molecule has 3 aromatic rings. The van der Waals surface area contributed by atoms with E-state index in [1.165, 1.54) is 30.7 Å². The van der Waals surface area contributed by atoms with Crippen LogP contribution in [0, 0.1) is 0 Å². The molecule has 0 spiro atoms. The second kappa shape index (κ2) is 9.14. The van der Waals surface area contributed by atoms with Crippen molar-refractivity contribution in [1.82, 2.24) is 4.98 Å². The highest BCUT2D eigenvalue weighted by Gasteiger charge is 2.30. The zero-order valence-corrected chi connectivity index (χ0v) is 15.7. The number of benzene rings is 1. The molecule has 4 nitrogen and oxygen atoms in total. The Balaban J connectivity index is 1.46. The van der Waals surface area contributed by atoms with E-state index in [0.29, 0.717) is 12.1 Å². The van der Waals surface area contributed by atoms with Gasteiger partial charge in [-0.05, 0) is 43.2 Å². The Morgan fingerprint density at radius 2 is 1.93 bits per heavy atom. The van der Waals surface area contributed by atoms with E-state index < -0.39 is 11.7 Å². The van der Waals surface area contributed by atoms with Crippen molar-refractivity contribution in [3.8, 4) is 5.95 Å². The summed E-state index contributed by atoms with van der Waals surface area (Å²) in [5.74, 6) is 1.05. The Bertz CT molecular complexity index is 988. The van der Waals surface area contributed by atoms with Crippen molar-refractivity contribution in [1.29, 1.82) is 0 Å². The highest BCUT2D eigenvalue weighted by molar-refractivity contribution is 7.99. The fourth-order valence-electron chi connectivity index (χ4n) is 2.60. The summed E-state index contributed by atoms with van der Waals surface area (Å²) in [7, 11) is 0. The molecule has 1 aromatic carbocycles. The maximum absolute atomic E-state index is 12.8. The molecule has 0 atom stereocenters. The third-order valence-electron chi connectivity index (χ3n) is 4.00. The Kier molecular flexibility index (Phi) is 6.61. The summed E-state index contributed by atoms with van der Waals surface area (Å²) in [6.45, 7) is 0.454. The van der Waals surface area contributed by atoms with Gasteiger partial charge in [-0.15, -0.1) is 11.8 Å². The van der Waals surface area contributed by atoms with E-state index in [0.717, 1.165) is 47.4 Å². The van der Waals surface area contributed by atoms with Gasteiger partial charge in [0, 0.05) is 22.5 Å². The molecule has 8 heteroatoms. The van der Waals surface area contributed by atoms with Crippen LogP contribution in [0.2, 0.25) is 0 Å². The molecule has 2 heterocycles. The summed E-state index contributed by atoms with van der Waals surface area (Å²) >= 11 is 1.60. The predicted molar refractivity (Wildman–Crippen MR) is 102 cm³/mol. The van der Waals surface area contributed by atoms with Crippen molar-refractivity contribution in [2.45, 2.75) is 30.3 Å². The highest BCUT2D eigenvalue weighted by Crippen LogP contribution is 2.33. The van der Waals surface area contributed by atoms with Crippen LogP contribution in [0.25, 0.3) is 10.9 Å². The van der Waals surface area contributed by atoms with Gasteiger partial charge < -0.3 is 9.15 Å². The van der Waals surface area contributed by atoms with E-state index in [1.807, 2.05) is 6.07 Å². The number of halogens is 3. The summed E-state index contributed by atoms with van der Waals surface area (Å²) in [6.07, 6.45) is 1.12. The van der Waals surface area contributed by atoms with Gasteiger partial charge in [-0.2, -0.15) is 13.2 Å². The Morgan fingerprint density at radius 3 is 2.71 bits per heavy atom. The zero-order valence-electron chi connectivity index (χ0n) is 14.9. The van der Waals surface area contributed by atoms with Gasteiger partial charge in [0.25, 0.3) is 5.95 Å². The van der Waals surface area contributed by atoms with Crippen LogP contribution in [0.1, 0.15) is 24.8 Å². The van der Waals surface area contributed by atoms with Crippen LogP contribution in [0.5, 0.6) is 5.95 Å². The molecule has 0 fully saturated rings. The third-order valence-corrected chi connectivity index (χ3v) is 5.16. The molecule has 0 saturated carbocycles. The zero-order chi connectivity index (χ0) is 20.0. The number of pyridine rings is 1. The van der Waals surface area contributed by atoms with E-state index in [4.69, 9.17) is 9.15 Å². The molecule has 0 aliphatic rings. The van der Waals surface area contributed by atoms with E-state index >= 15 is 0 Å². The van der Waals surface area contributed by atoms with Gasteiger partial charge >= 0.3 is 6.18 Å². The number of hydrogen-bond acceptors (Lipinski definition) is 5. The maximum Gasteiger partial charge on any atom is 0.416 e. The standard InChI is InChI=1S/C20H18F3NO3S/c21-20(22,23)14-4-5-16-17(12-14)24-8-6-18(16)28-11-3-1-2-9-26-19-13-15(25)7-10-27-19/h4-8,10,12-13H,1-3,9,11H2. The number of hydrogen-bond donors (Lipinski definition) is 0. The summed E-state index contributed by atoms with van der Waals surface area (Å²) in [5.41, 5.74) is -0.508. The molecule has 0 N–H and O–H groups in total. The van der Waals surface area contributed by atoms with Crippen molar-refractivity contribution in [2.75, 3.05) is 12.4 Å². The molecule has 0 unspecified atom stereocenters. The summed E-state index contributed by atoms with van der Waals surface area (Å²) in [6, 6.07) is 8.09. The molecule has 28 heavy (non-hydrogen) atoms. The minimum absolute atomic E-state index is 0.162. The van der Waals surface area contributed by atoms with Gasteiger partial charge in [-0.1, -0.05) is 6.07 Å². The average molecular weight is 409 g/mol. The van der Waals surface area contributed by atoms with Crippen LogP contribution in [0.3, 0.4) is 0 Å². The molecule has 0 aliphatic heterocycles. The lowest BCUT2D eigenvalue weighted by Gasteiger charge is -2.10. The largest absolute Gasteiger partial charge is 0.465 e. The number of aromatic nitrogens is 1. The molecule has 0 bridgehead atoms. The molecule has 0 saturated heterocycles. The smallest absolute Gasteiger partial charge is 0.416 e. The summed E-state index contributed by atoms with van der Waals surface area (Å²) in [5, 5.41) is 0.725. The number of thioether (sulfide) groups is 1. The normalized spacial score (nSPS) is 11.7. The molecule has 0 amide bonds. The van der Waals surface area contributed by atoms with Gasteiger partial charge in [0.1, 0.15) is 0 Å². The number of ether oxygens (including phenoxy) is 1. The van der Waals surface area contributed by atoms with Crippen molar-refractivity contribution < 1.29 is 22.3 Å². The van der Waals surface area contributed by atoms with Crippen molar-refractivity contribution in [2.24, 2.45) is 0 Å². The van der Waals surface area contributed by atoms with Crippen molar-refractivity contribution in [3.63, 3.8) is 0 Å². The number of unbranched alkanes of at least 4 members (excludes halogenated alkanes) is 2. The average Bonchev–Trinajstić information content (AvgIpc) is 2.66. The van der Waals surface area contributed by atoms with Crippen LogP contribution in [-0.2, 0) is 6.18 Å². The lowest BCUT2D eigenvalue weighted by Crippen LogP contribution is -2.04. The van der Waals surface area contributed by atoms with Crippen molar-refractivity contribution in [3.05, 3.63) is 64.6 Å². The van der Waals surface area contributed by atoms with E-state index in [-0.39, 0.29) is 11.4 Å². The first kappa shape index (κ1) is 20.3. The van der Waals surface area contributed by atoms with Crippen LogP contribution in [-0.4, -0.2) is 17.3 Å². The van der Waals surface area contributed by atoms with Crippen LogP contribution in [0.4, 0.5) is 13.2 Å². The van der Waals surface area contributed by atoms with E-state index in [1.54, 1.807) is 11.8 Å². The first-order valence-electron chi connectivity index (χ1n) is 8.74. The Hall–Kier alpha value is -2.48. The van der Waals surface area contributed by atoms with Crippen molar-refractivity contribution >= 4 is 22.7 Å². The molecular weight excluding hydrogens is 391 g/mol. The van der Waals surface area contributed by atoms with E-state index in [2.05, 4.69) is 4.98 Å². The predicted octanol–water partition coefficient (Wildman–Crippen LogP) is 5.55. The minimum atomic E-state index is -4.37. The van der Waals surface area contributed by atoms with Crippen LogP contribution < -0.4 is 10.2 Å². The van der Waals surface area contributed by atoms with Gasteiger partial charge in [0.2, 0.25) is 0 Å². The minimum Gasteiger partial charge on any atom is -0.465 e. The molecule has 148 valence electrons. The molecule has 0 aliphatic carbocycles. The summed E-state index contributed by atoms with van der Waals surface area (Å²) in [4.78, 5) is 16.1. The highest BCUT2D eigenvalue weighted by atomic mass is 32.2. The first-order valence-corrected chi connectivity index (χ1v) is 9.72. The maximum atomic E-state index is 12.8. The van der Waals surface area contributed by atoms with Crippen LogP contribution >= 0.6 is 11.8 Å². The number of fused-ring (bicyclic) bond motifs is 1. The SMILES string of the molecule is O=c1ccoc(OCCCCCSc2ccnc3cc(C(F)(F)F)ccc23)c1. The molecule has 3 rings (SSSR count). The fraction of sp³-hybridized carbons (Fsp3) is 0.300. The number of nitrogens with zero attached hydrogens (tertiary/aromatic N) is 1. The lowest BCUT2D eigenvalue weighted by atomic mass is 10.1. The van der Waals surface area contributed by atoms with Crippen LogP contribution in [0.15, 0.2) is 63.0 Å². The second-order valence-electron chi connectivity index (χ2n) is 6.08. The molecule has 2 aromatic heterocycles. The molecule has 0 radical (unpaired) electrons. The monoisotopic (exact) mass is 409 g/mol. The number of alkyl halides is 3. The summed E-state index contributed by atoms with van der Waals surface area (Å²) < 4.78 is 48.9. The van der Waals surface area contributed by atoms with Gasteiger partial charge in [0.15, 0.2) is 5.43 Å². The van der Waals surface area contributed by atoms with Gasteiger partial charge in [-0.3, -0.25) is 9.78 Å². The molecular formula is C20H18F3NO3S. The second-order valence-corrected chi connectivity index (χ2v) is 7.22.